The smallest absolute Gasteiger partial charge is 0.400 e. The highest BCUT2D eigenvalue weighted by atomic mass is 32.2. The minimum atomic E-state index is -3.93. The van der Waals surface area contributed by atoms with Crippen molar-refractivity contribution in [1.82, 2.24) is 8.54 Å². The Bertz CT molecular complexity index is 1940. The second-order valence-corrected chi connectivity index (χ2v) is 12.8. The van der Waals surface area contributed by atoms with Gasteiger partial charge in [0, 0.05) is 24.4 Å². The number of para-hydroxylation sites is 1. The molecule has 0 radical (unpaired) electrons. The number of ether oxygens (including phenoxy) is 2. The van der Waals surface area contributed by atoms with Crippen LogP contribution in [0.4, 0.5) is 0 Å². The number of methoxy groups -OCH3 is 2. The lowest BCUT2D eigenvalue weighted by atomic mass is 10.1. The van der Waals surface area contributed by atoms with Gasteiger partial charge in [-0.05, 0) is 54.3 Å². The lowest BCUT2D eigenvalue weighted by Crippen LogP contribution is -2.46. The molecule has 0 fully saturated rings. The molecular weight excluding hydrogens is 566 g/mol. The third-order valence-electron chi connectivity index (χ3n) is 7.49. The van der Waals surface area contributed by atoms with Crippen LogP contribution in [0.2, 0.25) is 0 Å². The van der Waals surface area contributed by atoms with Gasteiger partial charge in [0.25, 0.3) is 15.7 Å². The van der Waals surface area contributed by atoms with E-state index in [0.29, 0.717) is 32.6 Å². The van der Waals surface area contributed by atoms with Crippen LogP contribution in [0, 0.1) is 18.0 Å². The maximum Gasteiger partial charge on any atom is 0.400 e. The quantitative estimate of drug-likeness (QED) is 0.168. The molecule has 0 bridgehead atoms. The molecule has 5 rings (SSSR count). The molecule has 10 heteroatoms. The number of nitrogens with zero attached hydrogens (tertiary/aromatic N) is 3. The van der Waals surface area contributed by atoms with Gasteiger partial charge in [0.05, 0.1) is 31.2 Å². The van der Waals surface area contributed by atoms with Gasteiger partial charge in [-0.15, -0.1) is 4.73 Å². The first kappa shape index (κ1) is 29.9. The first-order valence-corrected chi connectivity index (χ1v) is 15.4. The molecule has 0 saturated carbocycles. The van der Waals surface area contributed by atoms with E-state index in [1.165, 1.54) is 11.1 Å². The van der Waals surface area contributed by atoms with Crippen LogP contribution < -0.4 is 19.8 Å². The fourth-order valence-electron chi connectivity index (χ4n) is 5.29. The van der Waals surface area contributed by atoms with Gasteiger partial charge in [-0.25, -0.2) is 12.4 Å². The zero-order valence-corrected chi connectivity index (χ0v) is 25.7. The second kappa shape index (κ2) is 12.0. The Balaban J connectivity index is 1.70. The third-order valence-corrected chi connectivity index (χ3v) is 9.17. The maximum atomic E-state index is 13.9. The van der Waals surface area contributed by atoms with Gasteiger partial charge >= 0.3 is 11.4 Å². The lowest BCUT2D eigenvalue weighted by Gasteiger charge is -2.18. The average Bonchev–Trinajstić information content (AvgIpc) is 3.37. The van der Waals surface area contributed by atoms with Crippen molar-refractivity contribution in [2.45, 2.75) is 45.1 Å². The summed E-state index contributed by atoms with van der Waals surface area (Å²) in [5.74, 6) is 0.743. The Hall–Kier alpha value is -4.57. The van der Waals surface area contributed by atoms with Gasteiger partial charge in [0.15, 0.2) is 0 Å². The Morgan fingerprint density at radius 2 is 1.60 bits per heavy atom. The zero-order valence-electron chi connectivity index (χ0n) is 24.9. The molecule has 0 aliphatic carbocycles. The number of hydrogen-bond donors (Lipinski definition) is 0. The van der Waals surface area contributed by atoms with Crippen molar-refractivity contribution in [2.75, 3.05) is 14.2 Å². The molecule has 43 heavy (non-hydrogen) atoms. The van der Waals surface area contributed by atoms with Crippen LogP contribution in [-0.2, 0) is 29.4 Å². The summed E-state index contributed by atoms with van der Waals surface area (Å²) in [5, 5.41) is 14.2. The molecule has 0 atom stereocenters. The van der Waals surface area contributed by atoms with E-state index in [4.69, 9.17) is 9.47 Å². The summed E-state index contributed by atoms with van der Waals surface area (Å²) in [7, 11) is -0.947. The monoisotopic (exact) mass is 601 g/mol. The summed E-state index contributed by atoms with van der Waals surface area (Å²) < 4.78 is 41.9. The topological polar surface area (TPSA) is 106 Å². The summed E-state index contributed by atoms with van der Waals surface area (Å²) in [6, 6.07) is 21.2. The Labute approximate surface area is 251 Å². The Morgan fingerprint density at radius 1 is 0.930 bits per heavy atom. The lowest BCUT2D eigenvalue weighted by molar-refractivity contribution is -0.623. The summed E-state index contributed by atoms with van der Waals surface area (Å²) in [6.45, 7) is 5.96. The fourth-order valence-corrected chi connectivity index (χ4v) is 6.68. The second-order valence-electron chi connectivity index (χ2n) is 11.0. The van der Waals surface area contributed by atoms with Crippen LogP contribution in [0.1, 0.15) is 41.9 Å². The van der Waals surface area contributed by atoms with Crippen LogP contribution in [0.5, 0.6) is 11.6 Å². The van der Waals surface area contributed by atoms with E-state index in [1.54, 1.807) is 54.3 Å². The van der Waals surface area contributed by atoms with Gasteiger partial charge in [0.2, 0.25) is 0 Å². The SMILES string of the molecule is COc1ccc(Cn2c(Cc3cn(S(=O)(=O)c4ccc(C)cc4)c4ccccc34)c(OC)[n+]([O-])c(CC(C)C)c2=O)cc1. The summed E-state index contributed by atoms with van der Waals surface area (Å²) in [5.41, 5.74) is 2.93. The van der Waals surface area contributed by atoms with Crippen molar-refractivity contribution >= 4 is 20.9 Å². The molecule has 0 saturated heterocycles. The molecule has 2 aromatic heterocycles. The summed E-state index contributed by atoms with van der Waals surface area (Å²) in [6.07, 6.45) is 1.92. The van der Waals surface area contributed by atoms with Crippen molar-refractivity contribution in [3.05, 3.63) is 123 Å². The van der Waals surface area contributed by atoms with Crippen molar-refractivity contribution in [3.8, 4) is 11.6 Å². The van der Waals surface area contributed by atoms with Gasteiger partial charge in [-0.2, -0.15) is 0 Å². The van der Waals surface area contributed by atoms with E-state index in [2.05, 4.69) is 0 Å². The van der Waals surface area contributed by atoms with E-state index >= 15 is 0 Å². The Kier molecular flexibility index (Phi) is 8.32. The van der Waals surface area contributed by atoms with Crippen LogP contribution in [0.25, 0.3) is 10.9 Å². The molecule has 0 aliphatic rings. The largest absolute Gasteiger partial charge is 0.616 e. The number of hydrogen-bond acceptors (Lipinski definition) is 6. The van der Waals surface area contributed by atoms with E-state index in [-0.39, 0.29) is 41.8 Å². The van der Waals surface area contributed by atoms with Gasteiger partial charge in [0.1, 0.15) is 11.4 Å². The number of aryl methyl sites for hydroxylation is 1. The third kappa shape index (κ3) is 5.75. The number of rotatable bonds is 10. The van der Waals surface area contributed by atoms with Crippen molar-refractivity contribution in [3.63, 3.8) is 0 Å². The fraction of sp³-hybridized carbons (Fsp3) is 0.273. The first-order chi connectivity index (χ1) is 20.5. The predicted molar refractivity (Wildman–Crippen MR) is 165 cm³/mol. The molecule has 2 heterocycles. The standard InChI is InChI=1S/C33H35N3O6S/c1-22(2)18-30-32(37)34(20-24-12-14-26(41-4)15-13-24)31(33(42-5)36(30)38)19-25-21-35(29-9-7-6-8-28(25)29)43(39,40)27-16-10-23(3)11-17-27/h6-17,21-22H,18-20H2,1-5H3. The zero-order chi connectivity index (χ0) is 30.9. The predicted octanol–water partition coefficient (Wildman–Crippen LogP) is 4.84. The summed E-state index contributed by atoms with van der Waals surface area (Å²) in [4.78, 5) is 14.1. The molecule has 0 amide bonds. The minimum absolute atomic E-state index is 0.00184. The van der Waals surface area contributed by atoms with E-state index in [1.807, 2.05) is 57.2 Å². The Morgan fingerprint density at radius 3 is 2.23 bits per heavy atom. The van der Waals surface area contributed by atoms with Gasteiger partial charge in [-0.3, -0.25) is 9.36 Å². The highest BCUT2D eigenvalue weighted by Crippen LogP contribution is 2.29. The molecule has 5 aromatic rings. The number of aromatic nitrogens is 3. The minimum Gasteiger partial charge on any atom is -0.616 e. The molecule has 0 N–H and O–H groups in total. The average molecular weight is 602 g/mol. The van der Waals surface area contributed by atoms with Crippen LogP contribution in [-0.4, -0.2) is 31.2 Å². The van der Waals surface area contributed by atoms with Gasteiger partial charge < -0.3 is 14.7 Å². The summed E-state index contributed by atoms with van der Waals surface area (Å²) >= 11 is 0. The van der Waals surface area contributed by atoms with Gasteiger partial charge in [-0.1, -0.05) is 61.9 Å². The van der Waals surface area contributed by atoms with E-state index in [9.17, 15) is 18.4 Å². The highest BCUT2D eigenvalue weighted by molar-refractivity contribution is 7.90. The highest BCUT2D eigenvalue weighted by Gasteiger charge is 2.30. The molecule has 9 nitrogen and oxygen atoms in total. The molecule has 0 aliphatic heterocycles. The van der Waals surface area contributed by atoms with Crippen molar-refractivity contribution in [1.29, 1.82) is 0 Å². The van der Waals surface area contributed by atoms with E-state index in [0.717, 1.165) is 11.1 Å². The molecule has 0 unspecified atom stereocenters. The molecular formula is C33H35N3O6S. The van der Waals surface area contributed by atoms with Crippen LogP contribution in [0.3, 0.4) is 0 Å². The van der Waals surface area contributed by atoms with Crippen LogP contribution in [0.15, 0.2) is 88.7 Å². The normalized spacial score (nSPS) is 11.8. The molecule has 3 aromatic carbocycles. The number of benzene rings is 3. The first-order valence-electron chi connectivity index (χ1n) is 14.0. The molecule has 224 valence electrons. The maximum absolute atomic E-state index is 13.9. The molecule has 0 spiro atoms. The number of fused-ring (bicyclic) bond motifs is 1. The van der Waals surface area contributed by atoms with Crippen LogP contribution >= 0.6 is 0 Å². The van der Waals surface area contributed by atoms with E-state index < -0.39 is 15.6 Å². The van der Waals surface area contributed by atoms with Crippen molar-refractivity contribution in [2.24, 2.45) is 5.92 Å². The van der Waals surface area contributed by atoms with Crippen molar-refractivity contribution < 1.29 is 22.6 Å².